The van der Waals surface area contributed by atoms with Crippen LogP contribution >= 0.6 is 0 Å². The summed E-state index contributed by atoms with van der Waals surface area (Å²) in [6.07, 6.45) is 7.33. The van der Waals surface area contributed by atoms with Crippen LogP contribution in [0, 0.1) is 0 Å². The largest absolute Gasteiger partial charge is 0.368 e. The predicted molar refractivity (Wildman–Crippen MR) is 84.0 cm³/mol. The molecule has 0 saturated heterocycles. The second-order valence-corrected chi connectivity index (χ2v) is 4.63. The third kappa shape index (κ3) is 2.81. The SMILES string of the molecule is Cn1cnc(-c2ccccc2)c1/C=C/c1ccnc(N)n1. The van der Waals surface area contributed by atoms with Crippen LogP contribution in [-0.4, -0.2) is 19.5 Å². The first kappa shape index (κ1) is 13.1. The summed E-state index contributed by atoms with van der Waals surface area (Å²) < 4.78 is 1.98. The predicted octanol–water partition coefficient (Wildman–Crippen LogP) is 2.63. The molecule has 0 aliphatic carbocycles. The number of imidazole rings is 1. The number of nitrogen functional groups attached to an aromatic ring is 1. The summed E-state index contributed by atoms with van der Waals surface area (Å²) in [4.78, 5) is 12.5. The van der Waals surface area contributed by atoms with Crippen molar-refractivity contribution in [3.8, 4) is 11.3 Å². The van der Waals surface area contributed by atoms with E-state index in [0.717, 1.165) is 22.6 Å². The second kappa shape index (κ2) is 5.58. The molecule has 5 nitrogen and oxygen atoms in total. The van der Waals surface area contributed by atoms with E-state index in [-0.39, 0.29) is 5.95 Å². The molecule has 2 N–H and O–H groups in total. The Hall–Kier alpha value is -2.95. The van der Waals surface area contributed by atoms with Crippen LogP contribution in [-0.2, 0) is 7.05 Å². The van der Waals surface area contributed by atoms with Gasteiger partial charge in [-0.3, -0.25) is 0 Å². The summed E-state index contributed by atoms with van der Waals surface area (Å²) in [6.45, 7) is 0. The molecule has 3 aromatic rings. The second-order valence-electron chi connectivity index (χ2n) is 4.63. The molecule has 5 heteroatoms. The topological polar surface area (TPSA) is 69.6 Å². The molecule has 0 spiro atoms. The number of aryl methyl sites for hydroxylation is 1. The molecule has 0 radical (unpaired) electrons. The Morgan fingerprint density at radius 3 is 2.62 bits per heavy atom. The first-order chi connectivity index (χ1) is 10.2. The maximum absolute atomic E-state index is 5.58. The van der Waals surface area contributed by atoms with Crippen molar-refractivity contribution >= 4 is 18.1 Å². The molecule has 2 heterocycles. The van der Waals surface area contributed by atoms with Crippen LogP contribution in [0.25, 0.3) is 23.4 Å². The van der Waals surface area contributed by atoms with Crippen LogP contribution in [0.4, 0.5) is 5.95 Å². The number of anilines is 1. The van der Waals surface area contributed by atoms with E-state index in [9.17, 15) is 0 Å². The van der Waals surface area contributed by atoms with Gasteiger partial charge >= 0.3 is 0 Å². The number of hydrogen-bond acceptors (Lipinski definition) is 4. The fourth-order valence-corrected chi connectivity index (χ4v) is 2.10. The summed E-state index contributed by atoms with van der Waals surface area (Å²) in [5, 5.41) is 0. The number of benzene rings is 1. The van der Waals surface area contributed by atoms with E-state index in [0.29, 0.717) is 0 Å². The van der Waals surface area contributed by atoms with Crippen molar-refractivity contribution in [2.24, 2.45) is 7.05 Å². The molecule has 104 valence electrons. The molecule has 0 unspecified atom stereocenters. The first-order valence-corrected chi connectivity index (χ1v) is 6.57. The Balaban J connectivity index is 1.98. The van der Waals surface area contributed by atoms with Gasteiger partial charge in [-0.2, -0.15) is 0 Å². The Bertz CT molecular complexity index is 774. The van der Waals surface area contributed by atoms with Crippen LogP contribution in [0.15, 0.2) is 48.9 Å². The minimum Gasteiger partial charge on any atom is -0.368 e. The van der Waals surface area contributed by atoms with Gasteiger partial charge in [-0.1, -0.05) is 30.3 Å². The lowest BCUT2D eigenvalue weighted by atomic mass is 10.1. The summed E-state index contributed by atoms with van der Waals surface area (Å²) in [7, 11) is 1.97. The molecule has 0 aliphatic heterocycles. The number of nitrogens with zero attached hydrogens (tertiary/aromatic N) is 4. The third-order valence-corrected chi connectivity index (χ3v) is 3.14. The van der Waals surface area contributed by atoms with E-state index < -0.39 is 0 Å². The number of aromatic nitrogens is 4. The molecule has 0 amide bonds. The number of nitrogens with two attached hydrogens (primary N) is 1. The van der Waals surface area contributed by atoms with Gasteiger partial charge in [0, 0.05) is 18.8 Å². The van der Waals surface area contributed by atoms with Gasteiger partial charge in [-0.05, 0) is 18.2 Å². The monoisotopic (exact) mass is 277 g/mol. The molecule has 1 aromatic carbocycles. The molecular weight excluding hydrogens is 262 g/mol. The minimum absolute atomic E-state index is 0.269. The van der Waals surface area contributed by atoms with E-state index in [1.165, 1.54) is 0 Å². The highest BCUT2D eigenvalue weighted by Crippen LogP contribution is 2.23. The first-order valence-electron chi connectivity index (χ1n) is 6.57. The quantitative estimate of drug-likeness (QED) is 0.799. The van der Waals surface area contributed by atoms with Gasteiger partial charge in [-0.15, -0.1) is 0 Å². The van der Waals surface area contributed by atoms with Crippen molar-refractivity contribution in [1.82, 2.24) is 19.5 Å². The van der Waals surface area contributed by atoms with Crippen LogP contribution < -0.4 is 5.73 Å². The number of hydrogen-bond donors (Lipinski definition) is 1. The fourth-order valence-electron chi connectivity index (χ4n) is 2.10. The van der Waals surface area contributed by atoms with Crippen molar-refractivity contribution in [3.63, 3.8) is 0 Å². The zero-order valence-corrected chi connectivity index (χ0v) is 11.6. The Morgan fingerprint density at radius 2 is 1.86 bits per heavy atom. The van der Waals surface area contributed by atoms with Crippen LogP contribution in [0.1, 0.15) is 11.4 Å². The van der Waals surface area contributed by atoms with Crippen LogP contribution in [0.3, 0.4) is 0 Å². The molecule has 0 aliphatic rings. The van der Waals surface area contributed by atoms with Crippen LogP contribution in [0.5, 0.6) is 0 Å². The highest BCUT2D eigenvalue weighted by Gasteiger charge is 2.08. The lowest BCUT2D eigenvalue weighted by Crippen LogP contribution is -1.95. The molecule has 0 bridgehead atoms. The Kier molecular flexibility index (Phi) is 3.47. The molecular formula is C16H15N5. The minimum atomic E-state index is 0.269. The molecule has 0 atom stereocenters. The average molecular weight is 277 g/mol. The Morgan fingerprint density at radius 1 is 1.05 bits per heavy atom. The van der Waals surface area contributed by atoms with Crippen molar-refractivity contribution < 1.29 is 0 Å². The molecule has 3 rings (SSSR count). The van der Waals surface area contributed by atoms with Crippen molar-refractivity contribution in [1.29, 1.82) is 0 Å². The maximum Gasteiger partial charge on any atom is 0.220 e. The smallest absolute Gasteiger partial charge is 0.220 e. The zero-order valence-electron chi connectivity index (χ0n) is 11.6. The molecule has 0 fully saturated rings. The van der Waals surface area contributed by atoms with Gasteiger partial charge < -0.3 is 10.3 Å². The molecule has 0 saturated carbocycles. The number of rotatable bonds is 3. The average Bonchev–Trinajstić information content (AvgIpc) is 2.87. The highest BCUT2D eigenvalue weighted by molar-refractivity contribution is 5.76. The summed E-state index contributed by atoms with van der Waals surface area (Å²) in [5.41, 5.74) is 9.39. The van der Waals surface area contributed by atoms with Crippen LogP contribution in [0.2, 0.25) is 0 Å². The highest BCUT2D eigenvalue weighted by atomic mass is 15.0. The summed E-state index contributed by atoms with van der Waals surface area (Å²) in [5.74, 6) is 0.269. The zero-order chi connectivity index (χ0) is 14.7. The van der Waals surface area contributed by atoms with Crippen molar-refractivity contribution in [2.45, 2.75) is 0 Å². The van der Waals surface area contributed by atoms with Crippen molar-refractivity contribution in [2.75, 3.05) is 5.73 Å². The van der Waals surface area contributed by atoms with Gasteiger partial charge in [-0.25, -0.2) is 15.0 Å². The summed E-state index contributed by atoms with van der Waals surface area (Å²) in [6, 6.07) is 11.9. The normalized spacial score (nSPS) is 11.1. The van der Waals surface area contributed by atoms with Gasteiger partial charge in [0.2, 0.25) is 5.95 Å². The lowest BCUT2D eigenvalue weighted by Gasteiger charge is -2.01. The standard InChI is InChI=1S/C16H15N5/c1-21-11-19-15(12-5-3-2-4-6-12)14(21)8-7-13-9-10-18-16(17)20-13/h2-11H,1H3,(H2,17,18,20)/b8-7+. The molecule has 2 aromatic heterocycles. The fraction of sp³-hybridized carbons (Fsp3) is 0.0625. The van der Waals surface area contributed by atoms with E-state index >= 15 is 0 Å². The van der Waals surface area contributed by atoms with E-state index in [1.807, 2.05) is 60.2 Å². The lowest BCUT2D eigenvalue weighted by molar-refractivity contribution is 0.903. The van der Waals surface area contributed by atoms with E-state index in [2.05, 4.69) is 15.0 Å². The third-order valence-electron chi connectivity index (χ3n) is 3.14. The van der Waals surface area contributed by atoms with Gasteiger partial charge in [0.1, 0.15) is 0 Å². The van der Waals surface area contributed by atoms with Gasteiger partial charge in [0.05, 0.1) is 23.4 Å². The van der Waals surface area contributed by atoms with Gasteiger partial charge in [0.25, 0.3) is 0 Å². The Labute approximate surface area is 122 Å². The maximum atomic E-state index is 5.58. The summed E-state index contributed by atoms with van der Waals surface area (Å²) >= 11 is 0. The van der Waals surface area contributed by atoms with Gasteiger partial charge in [0.15, 0.2) is 0 Å². The molecule has 21 heavy (non-hydrogen) atoms. The van der Waals surface area contributed by atoms with E-state index in [1.54, 1.807) is 12.5 Å². The van der Waals surface area contributed by atoms with E-state index in [4.69, 9.17) is 5.73 Å². The van der Waals surface area contributed by atoms with Crippen molar-refractivity contribution in [3.05, 3.63) is 60.3 Å².